The first kappa shape index (κ1) is 19.6. The zero-order valence-corrected chi connectivity index (χ0v) is 15.5. The zero-order valence-electron chi connectivity index (χ0n) is 14.0. The van der Waals surface area contributed by atoms with Crippen LogP contribution in [0.2, 0.25) is 10.0 Å². The molecule has 0 heterocycles. The van der Waals surface area contributed by atoms with Crippen molar-refractivity contribution in [2.45, 2.75) is 32.9 Å². The van der Waals surface area contributed by atoms with E-state index in [9.17, 15) is 4.79 Å². The first-order valence-corrected chi connectivity index (χ1v) is 8.24. The molecule has 0 atom stereocenters. The van der Waals surface area contributed by atoms with E-state index in [0.717, 1.165) is 5.56 Å². The molecule has 0 unspecified atom stereocenters. The van der Waals surface area contributed by atoms with Crippen LogP contribution in [0.25, 0.3) is 0 Å². The van der Waals surface area contributed by atoms with E-state index in [1.807, 2.05) is 37.9 Å². The highest BCUT2D eigenvalue weighted by Crippen LogP contribution is 2.23. The van der Waals surface area contributed by atoms with Gasteiger partial charge in [0.1, 0.15) is 0 Å². The number of nitrogens with zero attached hydrogens (tertiary/aromatic N) is 2. The summed E-state index contributed by atoms with van der Waals surface area (Å²) in [7, 11) is 3.63. The van der Waals surface area contributed by atoms with Gasteiger partial charge in [0.15, 0.2) is 5.96 Å². The number of nitrogens with one attached hydrogen (secondary N) is 2. The van der Waals surface area contributed by atoms with Crippen molar-refractivity contribution in [1.29, 1.82) is 0 Å². The number of aliphatic imine (C=N–C) groups is 1. The first-order chi connectivity index (χ1) is 10.8. The number of halogens is 2. The van der Waals surface area contributed by atoms with Crippen molar-refractivity contribution >= 4 is 35.1 Å². The number of hydrogen-bond acceptors (Lipinski definition) is 2. The fourth-order valence-electron chi connectivity index (χ4n) is 2.05. The minimum absolute atomic E-state index is 0.0232. The number of carbonyl (C=O) groups is 1. The van der Waals surface area contributed by atoms with Crippen LogP contribution in [0.1, 0.15) is 25.8 Å². The lowest BCUT2D eigenvalue weighted by Gasteiger charge is -2.22. The minimum atomic E-state index is 0.0232. The van der Waals surface area contributed by atoms with Crippen molar-refractivity contribution < 1.29 is 4.79 Å². The molecular weight excluding hydrogens is 335 g/mol. The molecule has 0 bridgehead atoms. The summed E-state index contributed by atoms with van der Waals surface area (Å²) in [5.74, 6) is 0.739. The molecule has 1 aromatic rings. The SMILES string of the molecule is CN=C(NCCC(=O)NC(C)C)N(C)Cc1ccc(Cl)c(Cl)c1. The zero-order chi connectivity index (χ0) is 17.4. The summed E-state index contributed by atoms with van der Waals surface area (Å²) in [6.07, 6.45) is 0.401. The van der Waals surface area contributed by atoms with Crippen LogP contribution in [0.5, 0.6) is 0 Å². The van der Waals surface area contributed by atoms with Crippen molar-refractivity contribution in [2.24, 2.45) is 4.99 Å². The van der Waals surface area contributed by atoms with Gasteiger partial charge >= 0.3 is 0 Å². The van der Waals surface area contributed by atoms with E-state index in [2.05, 4.69) is 15.6 Å². The summed E-state index contributed by atoms with van der Waals surface area (Å²) in [5.41, 5.74) is 1.03. The lowest BCUT2D eigenvalue weighted by atomic mass is 10.2. The first-order valence-electron chi connectivity index (χ1n) is 7.48. The maximum Gasteiger partial charge on any atom is 0.221 e. The Morgan fingerprint density at radius 3 is 2.57 bits per heavy atom. The van der Waals surface area contributed by atoms with Crippen LogP contribution in [0, 0.1) is 0 Å². The van der Waals surface area contributed by atoms with Crippen molar-refractivity contribution in [2.75, 3.05) is 20.6 Å². The molecule has 0 saturated carbocycles. The standard InChI is InChI=1S/C16H24Cl2N4O/c1-11(2)21-15(23)7-8-20-16(19-3)22(4)10-12-5-6-13(17)14(18)9-12/h5-6,9,11H,7-8,10H2,1-4H3,(H,19,20)(H,21,23). The highest BCUT2D eigenvalue weighted by atomic mass is 35.5. The molecule has 1 amide bonds. The van der Waals surface area contributed by atoms with Gasteiger partial charge in [-0.3, -0.25) is 9.79 Å². The summed E-state index contributed by atoms with van der Waals surface area (Å²) in [6, 6.07) is 5.69. The van der Waals surface area contributed by atoms with Gasteiger partial charge in [-0.2, -0.15) is 0 Å². The summed E-state index contributed by atoms with van der Waals surface area (Å²) >= 11 is 12.0. The van der Waals surface area contributed by atoms with Crippen LogP contribution in [-0.4, -0.2) is 43.4 Å². The number of amides is 1. The molecule has 5 nitrogen and oxygen atoms in total. The van der Waals surface area contributed by atoms with Crippen LogP contribution in [0.4, 0.5) is 0 Å². The van der Waals surface area contributed by atoms with Gasteiger partial charge in [-0.15, -0.1) is 0 Å². The monoisotopic (exact) mass is 358 g/mol. The fraction of sp³-hybridized carbons (Fsp3) is 0.500. The fourth-order valence-corrected chi connectivity index (χ4v) is 2.37. The van der Waals surface area contributed by atoms with Crippen molar-refractivity contribution in [3.63, 3.8) is 0 Å². The summed E-state index contributed by atoms with van der Waals surface area (Å²) in [5, 5.41) is 7.10. The average Bonchev–Trinajstić information content (AvgIpc) is 2.46. The number of benzene rings is 1. The second-order valence-electron chi connectivity index (χ2n) is 5.55. The van der Waals surface area contributed by atoms with Gasteiger partial charge in [-0.25, -0.2) is 0 Å². The molecule has 7 heteroatoms. The topological polar surface area (TPSA) is 56.7 Å². The molecule has 2 N–H and O–H groups in total. The molecule has 23 heavy (non-hydrogen) atoms. The molecule has 0 fully saturated rings. The molecule has 0 aliphatic rings. The van der Waals surface area contributed by atoms with Crippen molar-refractivity contribution in [1.82, 2.24) is 15.5 Å². The Morgan fingerprint density at radius 2 is 2.00 bits per heavy atom. The number of guanidine groups is 1. The lowest BCUT2D eigenvalue weighted by molar-refractivity contribution is -0.121. The average molecular weight is 359 g/mol. The predicted octanol–water partition coefficient (Wildman–Crippen LogP) is 2.92. The van der Waals surface area contributed by atoms with E-state index in [4.69, 9.17) is 23.2 Å². The van der Waals surface area contributed by atoms with Crippen LogP contribution >= 0.6 is 23.2 Å². The van der Waals surface area contributed by atoms with Gasteiger partial charge in [0.25, 0.3) is 0 Å². The van der Waals surface area contributed by atoms with E-state index in [1.54, 1.807) is 13.1 Å². The minimum Gasteiger partial charge on any atom is -0.356 e. The Hall–Kier alpha value is -1.46. The van der Waals surface area contributed by atoms with E-state index >= 15 is 0 Å². The molecular formula is C16H24Cl2N4O. The second-order valence-corrected chi connectivity index (χ2v) is 6.37. The van der Waals surface area contributed by atoms with Gasteiger partial charge in [-0.05, 0) is 31.5 Å². The highest BCUT2D eigenvalue weighted by molar-refractivity contribution is 6.42. The Balaban J connectivity index is 2.50. The third-order valence-corrected chi connectivity index (χ3v) is 3.80. The maximum absolute atomic E-state index is 11.6. The quantitative estimate of drug-likeness (QED) is 0.607. The van der Waals surface area contributed by atoms with Crippen LogP contribution in [0.3, 0.4) is 0 Å². The lowest BCUT2D eigenvalue weighted by Crippen LogP contribution is -2.40. The summed E-state index contributed by atoms with van der Waals surface area (Å²) in [4.78, 5) is 17.8. The Morgan fingerprint density at radius 1 is 1.30 bits per heavy atom. The molecule has 1 aromatic carbocycles. The van der Waals surface area contributed by atoms with Gasteiger partial charge < -0.3 is 15.5 Å². The van der Waals surface area contributed by atoms with Crippen LogP contribution in [0.15, 0.2) is 23.2 Å². The van der Waals surface area contributed by atoms with Gasteiger partial charge in [0, 0.05) is 39.6 Å². The molecule has 0 aliphatic heterocycles. The largest absolute Gasteiger partial charge is 0.356 e. The van der Waals surface area contributed by atoms with Gasteiger partial charge in [0.05, 0.1) is 10.0 Å². The van der Waals surface area contributed by atoms with Crippen molar-refractivity contribution in [3.05, 3.63) is 33.8 Å². The predicted molar refractivity (Wildman–Crippen MR) is 97.2 cm³/mol. The number of carbonyl (C=O) groups excluding carboxylic acids is 1. The third kappa shape index (κ3) is 7.10. The molecule has 0 radical (unpaired) electrons. The van der Waals surface area contributed by atoms with Gasteiger partial charge in [-0.1, -0.05) is 29.3 Å². The Labute approximate surface area is 148 Å². The third-order valence-electron chi connectivity index (χ3n) is 3.06. The molecule has 0 spiro atoms. The van der Waals surface area contributed by atoms with Crippen molar-refractivity contribution in [3.8, 4) is 0 Å². The Bertz CT molecular complexity index is 561. The molecule has 0 aliphatic carbocycles. The summed E-state index contributed by atoms with van der Waals surface area (Å²) in [6.45, 7) is 5.04. The normalized spacial score (nSPS) is 11.5. The smallest absolute Gasteiger partial charge is 0.221 e. The van der Waals surface area contributed by atoms with E-state index in [1.165, 1.54) is 0 Å². The van der Waals surface area contributed by atoms with Crippen LogP contribution in [-0.2, 0) is 11.3 Å². The summed E-state index contributed by atoms with van der Waals surface area (Å²) < 4.78 is 0. The van der Waals surface area contributed by atoms with E-state index < -0.39 is 0 Å². The second kappa shape index (κ2) is 9.63. The highest BCUT2D eigenvalue weighted by Gasteiger charge is 2.09. The number of rotatable bonds is 6. The Kier molecular flexibility index (Phi) is 8.20. The van der Waals surface area contributed by atoms with Gasteiger partial charge in [0.2, 0.25) is 5.91 Å². The van der Waals surface area contributed by atoms with E-state index in [0.29, 0.717) is 35.5 Å². The molecule has 128 valence electrons. The molecule has 0 saturated heterocycles. The van der Waals surface area contributed by atoms with Crippen LogP contribution < -0.4 is 10.6 Å². The number of hydrogen-bond donors (Lipinski definition) is 2. The maximum atomic E-state index is 11.6. The van der Waals surface area contributed by atoms with E-state index in [-0.39, 0.29) is 11.9 Å². The molecule has 1 rings (SSSR count). The molecule has 0 aromatic heterocycles.